The zero-order valence-corrected chi connectivity index (χ0v) is 14.5. The molecule has 1 aliphatic rings. The Hall–Kier alpha value is -0.980. The summed E-state index contributed by atoms with van der Waals surface area (Å²) in [4.78, 5) is 12.6. The molecule has 1 heterocycles. The molecule has 0 spiro atoms. The Morgan fingerprint density at radius 1 is 1.43 bits per heavy atom. The predicted octanol–water partition coefficient (Wildman–Crippen LogP) is 3.71. The zero-order valence-electron chi connectivity index (χ0n) is 12.1. The number of hydrogen-bond acceptors (Lipinski definition) is 4. The normalized spacial score (nSPS) is 15.6. The number of esters is 1. The lowest BCUT2D eigenvalue weighted by atomic mass is 9.99. The van der Waals surface area contributed by atoms with E-state index in [0.717, 1.165) is 46.8 Å². The van der Waals surface area contributed by atoms with E-state index >= 15 is 0 Å². The number of thiocarbonyl (C=S) groups is 1. The summed E-state index contributed by atoms with van der Waals surface area (Å²) in [7, 11) is 1.38. The first-order chi connectivity index (χ1) is 10.0. The fraction of sp³-hybridized carbons (Fsp3) is 0.467. The van der Waals surface area contributed by atoms with E-state index in [0.29, 0.717) is 11.5 Å². The Bertz CT molecular complexity index is 556. The smallest absolute Gasteiger partial charge is 0.338 e. The van der Waals surface area contributed by atoms with E-state index < -0.39 is 0 Å². The summed E-state index contributed by atoms with van der Waals surface area (Å²) in [6.45, 7) is 3.38. The first-order valence-corrected chi connectivity index (χ1v) is 8.00. The van der Waals surface area contributed by atoms with E-state index in [1.54, 1.807) is 6.07 Å². The largest absolute Gasteiger partial charge is 0.465 e. The SMILES string of the molecule is COC(=O)c1cc(Br)cc(NC(=S)C2CCOCC2)c1C. The lowest BCUT2D eigenvalue weighted by Gasteiger charge is -2.24. The molecule has 1 aromatic carbocycles. The average molecular weight is 372 g/mol. The van der Waals surface area contributed by atoms with Crippen molar-refractivity contribution in [1.29, 1.82) is 0 Å². The zero-order chi connectivity index (χ0) is 15.4. The van der Waals surface area contributed by atoms with Crippen molar-refractivity contribution in [3.8, 4) is 0 Å². The molecule has 0 unspecified atom stereocenters. The molecule has 1 aromatic rings. The van der Waals surface area contributed by atoms with Gasteiger partial charge in [0.1, 0.15) is 0 Å². The van der Waals surface area contributed by atoms with E-state index in [2.05, 4.69) is 21.2 Å². The third-order valence-electron chi connectivity index (χ3n) is 3.63. The highest BCUT2D eigenvalue weighted by Gasteiger charge is 2.20. The number of halogens is 1. The number of nitrogens with one attached hydrogen (secondary N) is 1. The van der Waals surface area contributed by atoms with E-state index in [-0.39, 0.29) is 5.97 Å². The van der Waals surface area contributed by atoms with Crippen molar-refractivity contribution in [2.24, 2.45) is 5.92 Å². The molecule has 4 nitrogen and oxygen atoms in total. The highest BCUT2D eigenvalue weighted by atomic mass is 79.9. The van der Waals surface area contributed by atoms with E-state index in [4.69, 9.17) is 21.7 Å². The van der Waals surface area contributed by atoms with Crippen LogP contribution in [-0.2, 0) is 9.47 Å². The van der Waals surface area contributed by atoms with Gasteiger partial charge < -0.3 is 14.8 Å². The summed E-state index contributed by atoms with van der Waals surface area (Å²) in [6.07, 6.45) is 1.87. The Kier molecular flexibility index (Phi) is 5.72. The van der Waals surface area contributed by atoms with Gasteiger partial charge in [0.25, 0.3) is 0 Å². The fourth-order valence-electron chi connectivity index (χ4n) is 2.33. The van der Waals surface area contributed by atoms with Crippen LogP contribution in [0.4, 0.5) is 5.69 Å². The van der Waals surface area contributed by atoms with Crippen LogP contribution in [0.1, 0.15) is 28.8 Å². The molecule has 2 rings (SSSR count). The predicted molar refractivity (Wildman–Crippen MR) is 90.0 cm³/mol. The van der Waals surface area contributed by atoms with Gasteiger partial charge in [0.05, 0.1) is 17.7 Å². The van der Waals surface area contributed by atoms with Crippen LogP contribution in [-0.4, -0.2) is 31.3 Å². The maximum Gasteiger partial charge on any atom is 0.338 e. The highest BCUT2D eigenvalue weighted by Crippen LogP contribution is 2.27. The van der Waals surface area contributed by atoms with Crippen molar-refractivity contribution in [3.05, 3.63) is 27.7 Å². The van der Waals surface area contributed by atoms with Gasteiger partial charge in [-0.3, -0.25) is 0 Å². The number of benzene rings is 1. The van der Waals surface area contributed by atoms with Crippen LogP contribution >= 0.6 is 28.1 Å². The summed E-state index contributed by atoms with van der Waals surface area (Å²) >= 11 is 8.92. The van der Waals surface area contributed by atoms with Gasteiger partial charge in [-0.05, 0) is 37.5 Å². The molecule has 0 aliphatic carbocycles. The lowest BCUT2D eigenvalue weighted by molar-refractivity contribution is 0.0600. The Labute approximate surface area is 138 Å². The van der Waals surface area contributed by atoms with Gasteiger partial charge in [-0.2, -0.15) is 0 Å². The lowest BCUT2D eigenvalue weighted by Crippen LogP contribution is -2.27. The first-order valence-electron chi connectivity index (χ1n) is 6.80. The highest BCUT2D eigenvalue weighted by molar-refractivity contribution is 9.10. The molecule has 0 aromatic heterocycles. The molecule has 0 radical (unpaired) electrons. The van der Waals surface area contributed by atoms with Crippen LogP contribution in [0.3, 0.4) is 0 Å². The minimum atomic E-state index is -0.353. The molecule has 1 fully saturated rings. The van der Waals surface area contributed by atoms with Crippen molar-refractivity contribution in [2.45, 2.75) is 19.8 Å². The number of carbonyl (C=O) groups is 1. The van der Waals surface area contributed by atoms with Gasteiger partial charge in [0.15, 0.2) is 0 Å². The summed E-state index contributed by atoms with van der Waals surface area (Å²) in [5.74, 6) is -0.0254. The second-order valence-corrected chi connectivity index (χ2v) is 6.35. The third-order valence-corrected chi connectivity index (χ3v) is 4.52. The average Bonchev–Trinajstić information content (AvgIpc) is 2.50. The number of methoxy groups -OCH3 is 1. The first kappa shape index (κ1) is 16.4. The molecule has 1 aliphatic heterocycles. The topological polar surface area (TPSA) is 47.6 Å². The van der Waals surface area contributed by atoms with Crippen molar-refractivity contribution in [3.63, 3.8) is 0 Å². The van der Waals surface area contributed by atoms with Crippen LogP contribution in [0.25, 0.3) is 0 Å². The molecule has 0 atom stereocenters. The molecule has 0 saturated carbocycles. The number of carbonyl (C=O) groups excluding carboxylic acids is 1. The number of hydrogen-bond donors (Lipinski definition) is 1. The van der Waals surface area contributed by atoms with Gasteiger partial charge in [0.2, 0.25) is 0 Å². The minimum absolute atomic E-state index is 0.328. The van der Waals surface area contributed by atoms with Gasteiger partial charge in [-0.15, -0.1) is 0 Å². The van der Waals surface area contributed by atoms with Crippen LogP contribution in [0.2, 0.25) is 0 Å². The minimum Gasteiger partial charge on any atom is -0.465 e. The van der Waals surface area contributed by atoms with E-state index in [9.17, 15) is 4.79 Å². The van der Waals surface area contributed by atoms with Crippen molar-refractivity contribution < 1.29 is 14.3 Å². The molecule has 21 heavy (non-hydrogen) atoms. The summed E-state index contributed by atoms with van der Waals surface area (Å²) in [5.41, 5.74) is 2.20. The molecule has 114 valence electrons. The molecule has 6 heteroatoms. The molecule has 0 bridgehead atoms. The van der Waals surface area contributed by atoms with Crippen molar-refractivity contribution >= 4 is 44.8 Å². The number of ether oxygens (including phenoxy) is 2. The molecule has 1 N–H and O–H groups in total. The van der Waals surface area contributed by atoms with Crippen LogP contribution < -0.4 is 5.32 Å². The Morgan fingerprint density at radius 2 is 2.10 bits per heavy atom. The Balaban J connectivity index is 2.21. The molecule has 1 saturated heterocycles. The maximum atomic E-state index is 11.8. The van der Waals surface area contributed by atoms with Crippen LogP contribution in [0.15, 0.2) is 16.6 Å². The van der Waals surface area contributed by atoms with Crippen molar-refractivity contribution in [1.82, 2.24) is 0 Å². The molecule has 0 amide bonds. The number of rotatable bonds is 3. The quantitative estimate of drug-likeness (QED) is 0.648. The van der Waals surface area contributed by atoms with Gasteiger partial charge in [0, 0.05) is 29.3 Å². The maximum absolute atomic E-state index is 11.8. The van der Waals surface area contributed by atoms with E-state index in [1.807, 2.05) is 13.0 Å². The molecular weight excluding hydrogens is 354 g/mol. The van der Waals surface area contributed by atoms with Gasteiger partial charge >= 0.3 is 5.97 Å². The standard InChI is InChI=1S/C15H18BrNO3S/c1-9-12(15(18)19-2)7-11(16)8-13(9)17-14(21)10-3-5-20-6-4-10/h7-8,10H,3-6H2,1-2H3,(H,17,21). The second-order valence-electron chi connectivity index (χ2n) is 4.99. The fourth-order valence-corrected chi connectivity index (χ4v) is 3.13. The number of anilines is 1. The monoisotopic (exact) mass is 371 g/mol. The molecular formula is C15H18BrNO3S. The van der Waals surface area contributed by atoms with E-state index in [1.165, 1.54) is 7.11 Å². The second kappa shape index (κ2) is 7.33. The van der Waals surface area contributed by atoms with Crippen LogP contribution in [0, 0.1) is 12.8 Å². The van der Waals surface area contributed by atoms with Gasteiger partial charge in [-0.1, -0.05) is 28.1 Å². The summed E-state index contributed by atoms with van der Waals surface area (Å²) < 4.78 is 11.0. The summed E-state index contributed by atoms with van der Waals surface area (Å²) in [6, 6.07) is 3.68. The van der Waals surface area contributed by atoms with Gasteiger partial charge in [-0.25, -0.2) is 4.79 Å². The third kappa shape index (κ3) is 4.02. The van der Waals surface area contributed by atoms with Crippen LogP contribution in [0.5, 0.6) is 0 Å². The summed E-state index contributed by atoms with van der Waals surface area (Å²) in [5, 5.41) is 3.28. The Morgan fingerprint density at radius 3 is 2.71 bits per heavy atom. The van der Waals surface area contributed by atoms with Crippen molar-refractivity contribution in [2.75, 3.05) is 25.6 Å².